The molecule has 6 nitrogen and oxygen atoms in total. The molecule has 0 saturated heterocycles. The highest BCUT2D eigenvalue weighted by molar-refractivity contribution is 7.10. The van der Waals surface area contributed by atoms with Crippen molar-refractivity contribution in [2.75, 3.05) is 38.6 Å². The van der Waals surface area contributed by atoms with Gasteiger partial charge in [0.15, 0.2) is 0 Å². The van der Waals surface area contributed by atoms with Gasteiger partial charge in [0.2, 0.25) is 11.8 Å². The Labute approximate surface area is 163 Å². The zero-order valence-corrected chi connectivity index (χ0v) is 16.6. The molecule has 0 bridgehead atoms. The SMILES string of the molecule is CCN(CC(=O)Nc1ccc(OC)cc1)CC(=O)N1CCc2sccc2C1. The van der Waals surface area contributed by atoms with Gasteiger partial charge in [-0.05, 0) is 54.2 Å². The molecule has 1 aromatic carbocycles. The van der Waals surface area contributed by atoms with Gasteiger partial charge >= 0.3 is 0 Å². The standard InChI is InChI=1S/C20H25N3O3S/c1-3-22(13-19(24)21-16-4-6-17(26-2)7-5-16)14-20(25)23-10-8-18-15(12-23)9-11-27-18/h4-7,9,11H,3,8,10,12-14H2,1-2H3,(H,21,24). The molecule has 2 aromatic rings. The summed E-state index contributed by atoms with van der Waals surface area (Å²) >= 11 is 1.76. The number of benzene rings is 1. The molecule has 1 N–H and O–H groups in total. The Hall–Kier alpha value is -2.38. The summed E-state index contributed by atoms with van der Waals surface area (Å²) in [6, 6.07) is 9.28. The second kappa shape index (κ2) is 9.01. The van der Waals surface area contributed by atoms with Crippen molar-refractivity contribution < 1.29 is 14.3 Å². The number of likely N-dealkylation sites (N-methyl/N-ethyl adjacent to an activating group) is 1. The summed E-state index contributed by atoms with van der Waals surface area (Å²) in [7, 11) is 1.60. The third-order valence-electron chi connectivity index (χ3n) is 4.71. The minimum atomic E-state index is -0.131. The zero-order chi connectivity index (χ0) is 19.2. The summed E-state index contributed by atoms with van der Waals surface area (Å²) in [6.45, 7) is 4.47. The number of hydrogen-bond acceptors (Lipinski definition) is 5. The highest BCUT2D eigenvalue weighted by Crippen LogP contribution is 2.24. The maximum atomic E-state index is 12.7. The molecule has 0 aliphatic carbocycles. The van der Waals surface area contributed by atoms with Crippen molar-refractivity contribution in [3.63, 3.8) is 0 Å². The Morgan fingerprint density at radius 1 is 1.22 bits per heavy atom. The minimum Gasteiger partial charge on any atom is -0.497 e. The molecule has 2 heterocycles. The molecule has 0 saturated carbocycles. The van der Waals surface area contributed by atoms with E-state index in [9.17, 15) is 9.59 Å². The fourth-order valence-corrected chi connectivity index (χ4v) is 4.00. The van der Waals surface area contributed by atoms with Gasteiger partial charge < -0.3 is 15.0 Å². The Kier molecular flexibility index (Phi) is 6.47. The van der Waals surface area contributed by atoms with Crippen molar-refractivity contribution in [1.29, 1.82) is 0 Å². The molecular weight excluding hydrogens is 362 g/mol. The maximum absolute atomic E-state index is 12.7. The molecule has 144 valence electrons. The van der Waals surface area contributed by atoms with Crippen molar-refractivity contribution in [2.24, 2.45) is 0 Å². The number of nitrogens with one attached hydrogen (secondary N) is 1. The van der Waals surface area contributed by atoms with Gasteiger partial charge in [0.05, 0.1) is 20.2 Å². The lowest BCUT2D eigenvalue weighted by Crippen LogP contribution is -2.44. The van der Waals surface area contributed by atoms with E-state index in [0.717, 1.165) is 18.7 Å². The summed E-state index contributed by atoms with van der Waals surface area (Å²) < 4.78 is 5.11. The van der Waals surface area contributed by atoms with Crippen molar-refractivity contribution in [3.05, 3.63) is 46.2 Å². The number of nitrogens with zero attached hydrogens (tertiary/aromatic N) is 2. The predicted molar refractivity (Wildman–Crippen MR) is 107 cm³/mol. The fourth-order valence-electron chi connectivity index (χ4n) is 3.11. The normalized spacial score (nSPS) is 13.4. The van der Waals surface area contributed by atoms with Crippen LogP contribution in [-0.2, 0) is 22.6 Å². The van der Waals surface area contributed by atoms with E-state index in [0.29, 0.717) is 18.8 Å². The molecule has 0 spiro atoms. The van der Waals surface area contributed by atoms with E-state index >= 15 is 0 Å². The van der Waals surface area contributed by atoms with E-state index in [1.54, 1.807) is 42.7 Å². The number of ether oxygens (including phenoxy) is 1. The van der Waals surface area contributed by atoms with Crippen molar-refractivity contribution in [2.45, 2.75) is 19.9 Å². The van der Waals surface area contributed by atoms with Gasteiger partial charge in [0.1, 0.15) is 5.75 Å². The Morgan fingerprint density at radius 2 is 2.00 bits per heavy atom. The average Bonchev–Trinajstić information content (AvgIpc) is 3.15. The molecule has 0 fully saturated rings. The van der Waals surface area contributed by atoms with Crippen LogP contribution in [0.25, 0.3) is 0 Å². The Balaban J connectivity index is 1.50. The third-order valence-corrected chi connectivity index (χ3v) is 5.73. The largest absolute Gasteiger partial charge is 0.497 e. The quantitative estimate of drug-likeness (QED) is 0.793. The monoisotopic (exact) mass is 387 g/mol. The first-order valence-electron chi connectivity index (χ1n) is 9.08. The molecule has 0 radical (unpaired) electrons. The molecule has 1 aliphatic rings. The van der Waals surface area contributed by atoms with Crippen molar-refractivity contribution >= 4 is 28.8 Å². The van der Waals surface area contributed by atoms with Crippen LogP contribution in [0.2, 0.25) is 0 Å². The first kappa shape index (κ1) is 19.4. The van der Waals surface area contributed by atoms with Crippen molar-refractivity contribution in [3.8, 4) is 5.75 Å². The van der Waals surface area contributed by atoms with Gasteiger partial charge in [-0.15, -0.1) is 11.3 Å². The van der Waals surface area contributed by atoms with E-state index in [1.165, 1.54) is 10.4 Å². The third kappa shape index (κ3) is 5.08. The summed E-state index contributed by atoms with van der Waals surface area (Å²) in [6.07, 6.45) is 0.919. The first-order chi connectivity index (χ1) is 13.1. The van der Waals surface area contributed by atoms with Gasteiger partial charge in [0, 0.05) is 23.7 Å². The smallest absolute Gasteiger partial charge is 0.238 e. The number of carbonyl (C=O) groups excluding carboxylic acids is 2. The van der Waals surface area contributed by atoms with Crippen molar-refractivity contribution in [1.82, 2.24) is 9.80 Å². The van der Waals surface area contributed by atoms with E-state index in [4.69, 9.17) is 4.74 Å². The number of rotatable bonds is 7. The lowest BCUT2D eigenvalue weighted by atomic mass is 10.1. The molecule has 2 amide bonds. The van der Waals surface area contributed by atoms with E-state index in [-0.39, 0.29) is 24.9 Å². The number of fused-ring (bicyclic) bond motifs is 1. The molecule has 3 rings (SSSR count). The highest BCUT2D eigenvalue weighted by atomic mass is 32.1. The van der Waals surface area contributed by atoms with Gasteiger partial charge in [-0.1, -0.05) is 6.92 Å². The second-order valence-electron chi connectivity index (χ2n) is 6.51. The summed E-state index contributed by atoms with van der Waals surface area (Å²) in [5.74, 6) is 0.684. The summed E-state index contributed by atoms with van der Waals surface area (Å²) in [5.41, 5.74) is 1.96. The molecule has 27 heavy (non-hydrogen) atoms. The summed E-state index contributed by atoms with van der Waals surface area (Å²) in [5, 5.41) is 4.94. The van der Waals surface area contributed by atoms with Crippen LogP contribution in [-0.4, -0.2) is 54.9 Å². The number of hydrogen-bond donors (Lipinski definition) is 1. The first-order valence-corrected chi connectivity index (χ1v) is 9.96. The van der Waals surface area contributed by atoms with Gasteiger partial charge in [0.25, 0.3) is 0 Å². The zero-order valence-electron chi connectivity index (χ0n) is 15.7. The number of carbonyl (C=O) groups is 2. The van der Waals surface area contributed by atoms with Crippen LogP contribution in [0.1, 0.15) is 17.4 Å². The minimum absolute atomic E-state index is 0.0750. The van der Waals surface area contributed by atoms with E-state index in [1.807, 2.05) is 16.7 Å². The number of methoxy groups -OCH3 is 1. The average molecular weight is 388 g/mol. The second-order valence-corrected chi connectivity index (χ2v) is 7.51. The molecule has 0 unspecified atom stereocenters. The van der Waals surface area contributed by atoms with Gasteiger partial charge in [-0.25, -0.2) is 0 Å². The van der Waals surface area contributed by atoms with Crippen LogP contribution in [0.15, 0.2) is 35.7 Å². The topological polar surface area (TPSA) is 61.9 Å². The highest BCUT2D eigenvalue weighted by Gasteiger charge is 2.23. The molecule has 1 aliphatic heterocycles. The van der Waals surface area contributed by atoms with Crippen LogP contribution in [0, 0.1) is 0 Å². The van der Waals surface area contributed by atoms with Crippen LogP contribution in [0.3, 0.4) is 0 Å². The number of thiophene rings is 1. The Bertz CT molecular complexity index is 788. The lowest BCUT2D eigenvalue weighted by Gasteiger charge is -2.29. The molecule has 7 heteroatoms. The van der Waals surface area contributed by atoms with Crippen LogP contribution in [0.5, 0.6) is 5.75 Å². The van der Waals surface area contributed by atoms with Crippen LogP contribution in [0.4, 0.5) is 5.69 Å². The predicted octanol–water partition coefficient (Wildman–Crippen LogP) is 2.60. The number of amides is 2. The molecule has 0 atom stereocenters. The van der Waals surface area contributed by atoms with E-state index < -0.39 is 0 Å². The van der Waals surface area contributed by atoms with E-state index in [2.05, 4.69) is 16.8 Å². The Morgan fingerprint density at radius 3 is 2.70 bits per heavy atom. The lowest BCUT2D eigenvalue weighted by molar-refractivity contribution is -0.133. The van der Waals surface area contributed by atoms with Gasteiger partial charge in [-0.3, -0.25) is 14.5 Å². The number of anilines is 1. The molecular formula is C20H25N3O3S. The summed E-state index contributed by atoms with van der Waals surface area (Å²) in [4.78, 5) is 30.1. The fraction of sp³-hybridized carbons (Fsp3) is 0.400. The molecule has 1 aromatic heterocycles. The van der Waals surface area contributed by atoms with Crippen LogP contribution < -0.4 is 10.1 Å². The van der Waals surface area contributed by atoms with Crippen LogP contribution >= 0.6 is 11.3 Å². The maximum Gasteiger partial charge on any atom is 0.238 e. The van der Waals surface area contributed by atoms with Gasteiger partial charge in [-0.2, -0.15) is 0 Å².